The Hall–Kier alpha value is -3.62. The second kappa shape index (κ2) is 8.86. The summed E-state index contributed by atoms with van der Waals surface area (Å²) in [5.41, 5.74) is 1.21. The number of carbonyl (C=O) groups excluding carboxylic acids is 2. The van der Waals surface area contributed by atoms with Crippen molar-refractivity contribution in [3.05, 3.63) is 75.6 Å². The number of aromatic hydroxyl groups is 1. The number of carbonyl (C=O) groups is 2. The summed E-state index contributed by atoms with van der Waals surface area (Å²) >= 11 is 7.14. The van der Waals surface area contributed by atoms with Gasteiger partial charge in [0.15, 0.2) is 11.3 Å². The minimum atomic E-state index is -0.626. The lowest BCUT2D eigenvalue weighted by Crippen LogP contribution is -2.21. The van der Waals surface area contributed by atoms with E-state index in [2.05, 4.69) is 5.32 Å². The standard InChI is InChI=1S/C23H17ClN2O5S/c1-2-30-23(29)18-16(12-6-8-14(24)9-7-12)11-32-22(18)26-21(28)15-10-13-4-3-5-17(27)19(13)31-20(15)25/h3-11,25,27H,2H2,1H3,(H,26,28). The molecule has 0 saturated heterocycles. The Kier molecular flexibility index (Phi) is 5.98. The monoisotopic (exact) mass is 468 g/mol. The Balaban J connectivity index is 1.74. The normalized spacial score (nSPS) is 10.8. The lowest BCUT2D eigenvalue weighted by Gasteiger charge is -2.09. The van der Waals surface area contributed by atoms with Gasteiger partial charge in [0, 0.05) is 21.4 Å². The molecule has 2 heterocycles. The van der Waals surface area contributed by atoms with E-state index in [1.807, 2.05) is 0 Å². The Morgan fingerprint density at radius 1 is 1.22 bits per heavy atom. The molecule has 0 spiro atoms. The molecule has 0 aliphatic rings. The van der Waals surface area contributed by atoms with E-state index in [0.717, 1.165) is 5.56 Å². The van der Waals surface area contributed by atoms with Gasteiger partial charge in [-0.15, -0.1) is 11.3 Å². The van der Waals surface area contributed by atoms with Crippen LogP contribution >= 0.6 is 22.9 Å². The number of para-hydroxylation sites is 1. The van der Waals surface area contributed by atoms with Crippen LogP contribution in [0.1, 0.15) is 27.6 Å². The van der Waals surface area contributed by atoms with Crippen molar-refractivity contribution in [3.63, 3.8) is 0 Å². The molecule has 4 aromatic rings. The number of rotatable bonds is 5. The lowest BCUT2D eigenvalue weighted by atomic mass is 10.0. The van der Waals surface area contributed by atoms with Crippen LogP contribution < -0.4 is 10.9 Å². The van der Waals surface area contributed by atoms with Crippen LogP contribution in [0, 0.1) is 5.41 Å². The molecular formula is C23H17ClN2O5S. The second-order valence-electron chi connectivity index (χ2n) is 6.72. The van der Waals surface area contributed by atoms with Gasteiger partial charge in [-0.1, -0.05) is 35.9 Å². The first-order valence-electron chi connectivity index (χ1n) is 9.55. The van der Waals surface area contributed by atoms with Gasteiger partial charge in [-0.05, 0) is 36.8 Å². The van der Waals surface area contributed by atoms with Gasteiger partial charge in [-0.3, -0.25) is 10.2 Å². The molecule has 4 rings (SSSR count). The average Bonchev–Trinajstić information content (AvgIpc) is 3.18. The van der Waals surface area contributed by atoms with Gasteiger partial charge in [0.05, 0.1) is 6.61 Å². The Morgan fingerprint density at radius 3 is 2.69 bits per heavy atom. The van der Waals surface area contributed by atoms with Crippen molar-refractivity contribution in [2.24, 2.45) is 0 Å². The number of phenolic OH excluding ortho intramolecular Hbond substituents is 1. The first-order valence-corrected chi connectivity index (χ1v) is 10.8. The quantitative estimate of drug-likeness (QED) is 0.338. The molecule has 1 amide bonds. The number of halogens is 1. The largest absolute Gasteiger partial charge is 0.504 e. The van der Waals surface area contributed by atoms with Crippen molar-refractivity contribution in [2.75, 3.05) is 11.9 Å². The molecule has 7 nitrogen and oxygen atoms in total. The third kappa shape index (κ3) is 4.10. The molecule has 0 radical (unpaired) electrons. The van der Waals surface area contributed by atoms with Crippen LogP contribution in [0.3, 0.4) is 0 Å². The highest BCUT2D eigenvalue weighted by Crippen LogP contribution is 2.37. The molecule has 0 unspecified atom stereocenters. The van der Waals surface area contributed by atoms with Crippen LogP contribution in [0.4, 0.5) is 5.00 Å². The zero-order valence-corrected chi connectivity index (χ0v) is 18.3. The Morgan fingerprint density at radius 2 is 1.97 bits per heavy atom. The van der Waals surface area contributed by atoms with Crippen LogP contribution in [0.25, 0.3) is 22.1 Å². The molecule has 3 N–H and O–H groups in total. The smallest absolute Gasteiger partial charge is 0.341 e. The van der Waals surface area contributed by atoms with Gasteiger partial charge in [-0.25, -0.2) is 4.79 Å². The second-order valence-corrected chi connectivity index (χ2v) is 8.04. The van der Waals surface area contributed by atoms with E-state index in [4.69, 9.17) is 26.2 Å². The van der Waals surface area contributed by atoms with E-state index in [-0.39, 0.29) is 34.1 Å². The number of hydrogen-bond acceptors (Lipinski definition) is 7. The minimum absolute atomic E-state index is 0.0423. The molecule has 0 fully saturated rings. The first-order chi connectivity index (χ1) is 15.4. The summed E-state index contributed by atoms with van der Waals surface area (Å²) in [7, 11) is 0. The number of esters is 1. The Labute approximate surface area is 191 Å². The van der Waals surface area contributed by atoms with E-state index in [0.29, 0.717) is 16.0 Å². The molecule has 0 aliphatic heterocycles. The van der Waals surface area contributed by atoms with Crippen molar-refractivity contribution in [2.45, 2.75) is 6.92 Å². The highest BCUT2D eigenvalue weighted by Gasteiger charge is 2.24. The lowest BCUT2D eigenvalue weighted by molar-refractivity contribution is 0.0529. The first kappa shape index (κ1) is 21.6. The van der Waals surface area contributed by atoms with E-state index >= 15 is 0 Å². The summed E-state index contributed by atoms with van der Waals surface area (Å²) in [5.74, 6) is -1.33. The van der Waals surface area contributed by atoms with E-state index in [9.17, 15) is 14.7 Å². The van der Waals surface area contributed by atoms with Crippen molar-refractivity contribution in [3.8, 4) is 16.9 Å². The fourth-order valence-electron chi connectivity index (χ4n) is 3.18. The molecule has 2 aromatic carbocycles. The van der Waals surface area contributed by atoms with Crippen LogP contribution in [0.15, 0.2) is 58.3 Å². The maximum absolute atomic E-state index is 13.0. The highest BCUT2D eigenvalue weighted by atomic mass is 35.5. The number of nitrogens with one attached hydrogen (secondary N) is 2. The molecule has 0 bridgehead atoms. The van der Waals surface area contributed by atoms with Crippen LogP contribution in [0.5, 0.6) is 5.75 Å². The topological polar surface area (TPSA) is 113 Å². The molecule has 32 heavy (non-hydrogen) atoms. The van der Waals surface area contributed by atoms with Crippen LogP contribution in [-0.2, 0) is 4.74 Å². The summed E-state index contributed by atoms with van der Waals surface area (Å²) < 4.78 is 10.5. The molecule has 162 valence electrons. The van der Waals surface area contributed by atoms with Gasteiger partial charge < -0.3 is 19.6 Å². The summed E-state index contributed by atoms with van der Waals surface area (Å²) in [6.07, 6.45) is 0. The van der Waals surface area contributed by atoms with Gasteiger partial charge >= 0.3 is 5.97 Å². The number of amides is 1. The average molecular weight is 469 g/mol. The van der Waals surface area contributed by atoms with E-state index in [1.165, 1.54) is 23.5 Å². The summed E-state index contributed by atoms with van der Waals surface area (Å²) in [6.45, 7) is 1.87. The fourth-order valence-corrected chi connectivity index (χ4v) is 4.26. The fraction of sp³-hybridized carbons (Fsp3) is 0.0870. The number of hydrogen-bond donors (Lipinski definition) is 3. The number of phenols is 1. The molecule has 9 heteroatoms. The zero-order chi connectivity index (χ0) is 22.8. The zero-order valence-electron chi connectivity index (χ0n) is 16.8. The maximum Gasteiger partial charge on any atom is 0.341 e. The number of thiophene rings is 1. The van der Waals surface area contributed by atoms with Gasteiger partial charge in [0.1, 0.15) is 16.1 Å². The van der Waals surface area contributed by atoms with Crippen molar-refractivity contribution in [1.29, 1.82) is 5.41 Å². The van der Waals surface area contributed by atoms with Crippen LogP contribution in [0.2, 0.25) is 5.02 Å². The summed E-state index contributed by atoms with van der Waals surface area (Å²) in [6, 6.07) is 13.1. The van der Waals surface area contributed by atoms with Crippen LogP contribution in [-0.4, -0.2) is 23.6 Å². The van der Waals surface area contributed by atoms with Gasteiger partial charge in [0.2, 0.25) is 5.55 Å². The van der Waals surface area contributed by atoms with E-state index in [1.54, 1.807) is 48.7 Å². The summed E-state index contributed by atoms with van der Waals surface area (Å²) in [4.78, 5) is 25.7. The maximum atomic E-state index is 13.0. The number of anilines is 1. The van der Waals surface area contributed by atoms with Crippen molar-refractivity contribution >= 4 is 50.8 Å². The minimum Gasteiger partial charge on any atom is -0.504 e. The number of fused-ring (bicyclic) bond motifs is 1. The highest BCUT2D eigenvalue weighted by molar-refractivity contribution is 7.15. The van der Waals surface area contributed by atoms with E-state index < -0.39 is 17.4 Å². The van der Waals surface area contributed by atoms with Gasteiger partial charge in [-0.2, -0.15) is 0 Å². The third-order valence-corrected chi connectivity index (χ3v) is 5.82. The van der Waals surface area contributed by atoms with Crippen molar-refractivity contribution in [1.82, 2.24) is 0 Å². The predicted molar refractivity (Wildman–Crippen MR) is 122 cm³/mol. The predicted octanol–water partition coefficient (Wildman–Crippen LogP) is 5.43. The van der Waals surface area contributed by atoms with Gasteiger partial charge in [0.25, 0.3) is 5.91 Å². The third-order valence-electron chi connectivity index (χ3n) is 4.67. The number of benzene rings is 2. The molecule has 0 saturated carbocycles. The summed E-state index contributed by atoms with van der Waals surface area (Å²) in [5, 5.41) is 23.7. The SMILES string of the molecule is CCOC(=O)c1c(-c2ccc(Cl)cc2)csc1NC(=O)c1cc2cccc(O)c2oc1=N. The molecular weight excluding hydrogens is 452 g/mol. The Bertz CT molecular complexity index is 1390. The molecule has 0 aliphatic carbocycles. The number of ether oxygens (including phenoxy) is 1. The molecule has 2 aromatic heterocycles. The molecule has 0 atom stereocenters. The van der Waals surface area contributed by atoms with Crippen molar-refractivity contribution < 1.29 is 23.8 Å².